The van der Waals surface area contributed by atoms with E-state index in [0.29, 0.717) is 11.4 Å². The number of carbonyl (C=O) groups is 2. The van der Waals surface area contributed by atoms with Crippen molar-refractivity contribution >= 4 is 23.1 Å². The van der Waals surface area contributed by atoms with Gasteiger partial charge in [-0.25, -0.2) is 0 Å². The van der Waals surface area contributed by atoms with Gasteiger partial charge in [-0.05, 0) is 12.1 Å². The average Bonchev–Trinajstić information content (AvgIpc) is 2.38. The molecule has 1 rings (SSSR count). The molecular weight excluding hydrogens is 248 g/mol. The van der Waals surface area contributed by atoms with E-state index in [4.69, 9.17) is 9.84 Å². The van der Waals surface area contributed by atoms with Crippen LogP contribution < -0.4 is 10.1 Å². The maximum absolute atomic E-state index is 11.8. The van der Waals surface area contributed by atoms with Gasteiger partial charge < -0.3 is 15.2 Å². The summed E-state index contributed by atoms with van der Waals surface area (Å²) in [6.07, 6.45) is 0. The minimum absolute atomic E-state index is 0.119. The standard InChI is InChI=1S/C13H16N2O4/c1-9(17)12(14-2)13(18)15-10-5-3-4-6-11(10)19-8-7-16/h3-6,16H,7-8H2,1-2H3,(H,15,18). The Kier molecular flexibility index (Phi) is 5.69. The Morgan fingerprint density at radius 3 is 2.63 bits per heavy atom. The predicted molar refractivity (Wildman–Crippen MR) is 71.7 cm³/mol. The van der Waals surface area contributed by atoms with Gasteiger partial charge in [-0.1, -0.05) is 12.1 Å². The van der Waals surface area contributed by atoms with Crippen molar-refractivity contribution in [3.8, 4) is 5.75 Å². The second kappa shape index (κ2) is 7.27. The summed E-state index contributed by atoms with van der Waals surface area (Å²) in [5.74, 6) is -0.576. The van der Waals surface area contributed by atoms with E-state index in [1.165, 1.54) is 14.0 Å². The summed E-state index contributed by atoms with van der Waals surface area (Å²) in [5, 5.41) is 11.3. The van der Waals surface area contributed by atoms with E-state index in [1.54, 1.807) is 24.3 Å². The SMILES string of the molecule is CN=C(C(C)=O)C(=O)Nc1ccccc1OCCO. The number of Topliss-reactive ketones (excluding diaryl/α,β-unsaturated/α-hetero) is 1. The monoisotopic (exact) mass is 264 g/mol. The van der Waals surface area contributed by atoms with Gasteiger partial charge in [0, 0.05) is 14.0 Å². The van der Waals surface area contributed by atoms with Gasteiger partial charge in [-0.3, -0.25) is 14.6 Å². The first-order valence-electron chi connectivity index (χ1n) is 5.72. The van der Waals surface area contributed by atoms with E-state index in [0.717, 1.165) is 0 Å². The molecule has 0 atom stereocenters. The number of aliphatic hydroxyl groups excluding tert-OH is 1. The number of amides is 1. The summed E-state index contributed by atoms with van der Waals surface area (Å²) in [6.45, 7) is 1.27. The number of rotatable bonds is 6. The third-order valence-electron chi connectivity index (χ3n) is 2.26. The number of ether oxygens (including phenoxy) is 1. The van der Waals surface area contributed by atoms with Gasteiger partial charge in [0.15, 0.2) is 11.5 Å². The van der Waals surface area contributed by atoms with Gasteiger partial charge in [0.2, 0.25) is 0 Å². The zero-order valence-corrected chi connectivity index (χ0v) is 10.8. The fourth-order valence-electron chi connectivity index (χ4n) is 1.45. The predicted octanol–water partition coefficient (Wildman–Crippen LogP) is 0.656. The molecule has 0 saturated heterocycles. The van der Waals surface area contributed by atoms with E-state index < -0.39 is 11.7 Å². The quantitative estimate of drug-likeness (QED) is 0.583. The molecule has 0 aliphatic rings. The molecule has 1 aromatic carbocycles. The number of para-hydroxylation sites is 2. The molecule has 0 radical (unpaired) electrons. The number of nitrogens with zero attached hydrogens (tertiary/aromatic N) is 1. The first-order valence-corrected chi connectivity index (χ1v) is 5.72. The largest absolute Gasteiger partial charge is 0.489 e. The second-order valence-corrected chi connectivity index (χ2v) is 3.65. The molecule has 0 saturated carbocycles. The Morgan fingerprint density at radius 1 is 1.37 bits per heavy atom. The molecule has 1 aromatic rings. The molecule has 0 heterocycles. The number of hydrogen-bond donors (Lipinski definition) is 2. The highest BCUT2D eigenvalue weighted by Crippen LogP contribution is 2.23. The lowest BCUT2D eigenvalue weighted by Crippen LogP contribution is -2.28. The highest BCUT2D eigenvalue weighted by Gasteiger charge is 2.17. The third kappa shape index (κ3) is 4.18. The number of benzene rings is 1. The number of aliphatic imine (C=N–C) groups is 1. The Balaban J connectivity index is 2.87. The minimum atomic E-state index is -0.588. The molecular formula is C13H16N2O4. The highest BCUT2D eigenvalue weighted by atomic mass is 16.5. The smallest absolute Gasteiger partial charge is 0.277 e. The van der Waals surface area contributed by atoms with Crippen molar-refractivity contribution in [2.45, 2.75) is 6.92 Å². The lowest BCUT2D eigenvalue weighted by atomic mass is 10.2. The molecule has 19 heavy (non-hydrogen) atoms. The van der Waals surface area contributed by atoms with Gasteiger partial charge >= 0.3 is 0 Å². The molecule has 0 aliphatic heterocycles. The van der Waals surface area contributed by atoms with Crippen LogP contribution in [0.25, 0.3) is 0 Å². The fraction of sp³-hybridized carbons (Fsp3) is 0.308. The zero-order valence-electron chi connectivity index (χ0n) is 10.8. The molecule has 1 amide bonds. The lowest BCUT2D eigenvalue weighted by molar-refractivity contribution is -0.114. The molecule has 2 N–H and O–H groups in total. The third-order valence-corrected chi connectivity index (χ3v) is 2.26. The fourth-order valence-corrected chi connectivity index (χ4v) is 1.45. The summed E-state index contributed by atoms with van der Waals surface area (Å²) in [5.41, 5.74) is 0.264. The van der Waals surface area contributed by atoms with Crippen LogP contribution in [0.15, 0.2) is 29.3 Å². The Morgan fingerprint density at radius 2 is 2.05 bits per heavy atom. The highest BCUT2D eigenvalue weighted by molar-refractivity contribution is 6.67. The van der Waals surface area contributed by atoms with Crippen molar-refractivity contribution in [1.82, 2.24) is 0 Å². The first-order chi connectivity index (χ1) is 9.10. The van der Waals surface area contributed by atoms with E-state index >= 15 is 0 Å². The van der Waals surface area contributed by atoms with Crippen molar-refractivity contribution in [2.24, 2.45) is 4.99 Å². The van der Waals surface area contributed by atoms with Crippen LogP contribution in [0.2, 0.25) is 0 Å². The summed E-state index contributed by atoms with van der Waals surface area (Å²) < 4.78 is 5.27. The Labute approximate surface area is 111 Å². The van der Waals surface area contributed by atoms with Crippen molar-refractivity contribution in [3.05, 3.63) is 24.3 Å². The molecule has 0 aromatic heterocycles. The topological polar surface area (TPSA) is 88.0 Å². The van der Waals surface area contributed by atoms with Crippen LogP contribution in [0.5, 0.6) is 5.75 Å². The number of ketones is 1. The van der Waals surface area contributed by atoms with Gasteiger partial charge in [0.05, 0.1) is 12.3 Å². The van der Waals surface area contributed by atoms with Crippen LogP contribution in [0.3, 0.4) is 0 Å². The zero-order chi connectivity index (χ0) is 14.3. The number of carbonyl (C=O) groups excluding carboxylic acids is 2. The van der Waals surface area contributed by atoms with Crippen LogP contribution in [0, 0.1) is 0 Å². The number of nitrogens with one attached hydrogen (secondary N) is 1. The number of hydrogen-bond acceptors (Lipinski definition) is 5. The summed E-state index contributed by atoms with van der Waals surface area (Å²) in [6, 6.07) is 6.75. The number of anilines is 1. The molecule has 0 aliphatic carbocycles. The molecule has 102 valence electrons. The molecule has 6 heteroatoms. The van der Waals surface area contributed by atoms with Crippen LogP contribution in [-0.4, -0.2) is 42.8 Å². The normalized spacial score (nSPS) is 11.0. The molecule has 0 spiro atoms. The summed E-state index contributed by atoms with van der Waals surface area (Å²) >= 11 is 0. The maximum Gasteiger partial charge on any atom is 0.277 e. The second-order valence-electron chi connectivity index (χ2n) is 3.65. The summed E-state index contributed by atoms with van der Waals surface area (Å²) in [7, 11) is 1.38. The molecule has 0 bridgehead atoms. The summed E-state index contributed by atoms with van der Waals surface area (Å²) in [4.78, 5) is 26.7. The van der Waals surface area contributed by atoms with Crippen LogP contribution in [-0.2, 0) is 9.59 Å². The van der Waals surface area contributed by atoms with Crippen LogP contribution in [0.4, 0.5) is 5.69 Å². The van der Waals surface area contributed by atoms with Crippen molar-refractivity contribution in [2.75, 3.05) is 25.6 Å². The lowest BCUT2D eigenvalue weighted by Gasteiger charge is -2.11. The molecule has 0 fully saturated rings. The first kappa shape index (κ1) is 14.8. The van der Waals surface area contributed by atoms with Gasteiger partial charge in [0.25, 0.3) is 5.91 Å². The van der Waals surface area contributed by atoms with Gasteiger partial charge in [0.1, 0.15) is 12.4 Å². The molecule has 0 unspecified atom stereocenters. The van der Waals surface area contributed by atoms with E-state index in [-0.39, 0.29) is 18.9 Å². The Hall–Kier alpha value is -2.21. The number of aliphatic hydroxyl groups is 1. The van der Waals surface area contributed by atoms with Crippen molar-refractivity contribution in [1.29, 1.82) is 0 Å². The van der Waals surface area contributed by atoms with Crippen LogP contribution >= 0.6 is 0 Å². The van der Waals surface area contributed by atoms with E-state index in [2.05, 4.69) is 10.3 Å². The van der Waals surface area contributed by atoms with E-state index in [9.17, 15) is 9.59 Å². The van der Waals surface area contributed by atoms with Crippen molar-refractivity contribution in [3.63, 3.8) is 0 Å². The Bertz CT molecular complexity index is 497. The average molecular weight is 264 g/mol. The van der Waals surface area contributed by atoms with E-state index in [1.807, 2.05) is 0 Å². The molecule has 6 nitrogen and oxygen atoms in total. The van der Waals surface area contributed by atoms with Gasteiger partial charge in [-0.2, -0.15) is 0 Å². The van der Waals surface area contributed by atoms with Crippen LogP contribution in [0.1, 0.15) is 6.92 Å². The maximum atomic E-state index is 11.8. The van der Waals surface area contributed by atoms with Crippen molar-refractivity contribution < 1.29 is 19.4 Å². The minimum Gasteiger partial charge on any atom is -0.489 e. The van der Waals surface area contributed by atoms with Gasteiger partial charge in [-0.15, -0.1) is 0 Å².